The molecule has 1 amide bonds. The Kier molecular flexibility index (Phi) is 5.59. The predicted octanol–water partition coefficient (Wildman–Crippen LogP) is 2.09. The topological polar surface area (TPSA) is 52.6 Å². The molecule has 2 rings (SSSR count). The first kappa shape index (κ1) is 17.0. The number of likely N-dealkylation sites (tertiary alicyclic amines) is 1. The third kappa shape index (κ3) is 4.08. The highest BCUT2D eigenvalue weighted by Gasteiger charge is 2.34. The molecule has 22 heavy (non-hydrogen) atoms. The van der Waals surface area contributed by atoms with Crippen LogP contribution in [0, 0.1) is 12.3 Å². The lowest BCUT2D eigenvalue weighted by atomic mass is 9.82. The van der Waals surface area contributed by atoms with E-state index in [1.54, 1.807) is 0 Å². The Balaban J connectivity index is 1.90. The lowest BCUT2D eigenvalue weighted by Gasteiger charge is -2.41. The number of carbonyl (C=O) groups is 1. The smallest absolute Gasteiger partial charge is 0.237 e. The second-order valence-electron chi connectivity index (χ2n) is 6.86. The van der Waals surface area contributed by atoms with E-state index in [2.05, 4.69) is 30.1 Å². The molecule has 0 aliphatic carbocycles. The van der Waals surface area contributed by atoms with Crippen LogP contribution in [-0.4, -0.2) is 41.7 Å². The number of nitrogens with zero attached hydrogens (tertiary/aromatic N) is 1. The molecule has 1 aromatic rings. The molecule has 0 radical (unpaired) electrons. The van der Waals surface area contributed by atoms with E-state index < -0.39 is 0 Å². The van der Waals surface area contributed by atoms with Crippen LogP contribution in [0.5, 0.6) is 0 Å². The Labute approximate surface area is 133 Å². The number of hydrogen-bond acceptors (Lipinski definition) is 3. The monoisotopic (exact) mass is 304 g/mol. The van der Waals surface area contributed by atoms with Crippen LogP contribution in [0.15, 0.2) is 24.3 Å². The molecule has 0 spiro atoms. The molecule has 1 aliphatic heterocycles. The third-order valence-electron chi connectivity index (χ3n) is 4.83. The van der Waals surface area contributed by atoms with Gasteiger partial charge in [0.05, 0.1) is 6.04 Å². The first-order valence-corrected chi connectivity index (χ1v) is 8.12. The van der Waals surface area contributed by atoms with Crippen molar-refractivity contribution in [3.05, 3.63) is 35.4 Å². The second-order valence-corrected chi connectivity index (χ2v) is 6.86. The highest BCUT2D eigenvalue weighted by Crippen LogP contribution is 2.29. The number of piperidine rings is 1. The molecule has 4 nitrogen and oxygen atoms in total. The quantitative estimate of drug-likeness (QED) is 0.876. The zero-order valence-electron chi connectivity index (χ0n) is 13.9. The number of benzene rings is 1. The number of aryl methyl sites for hydroxylation is 1. The highest BCUT2D eigenvalue weighted by atomic mass is 16.3. The van der Waals surface area contributed by atoms with E-state index in [4.69, 9.17) is 0 Å². The van der Waals surface area contributed by atoms with Crippen LogP contribution in [0.3, 0.4) is 0 Å². The number of aliphatic hydroxyl groups is 1. The Morgan fingerprint density at radius 3 is 2.86 bits per heavy atom. The first-order chi connectivity index (χ1) is 10.4. The standard InChI is InChI=1S/C18H28N2O2/c1-14-7-4-5-8-16(14)11-19-17(22)15(2)20-10-6-9-18(3,12-20)13-21/h4-5,7-8,15,21H,6,9-13H2,1-3H3,(H,19,22). The Bertz CT molecular complexity index is 518. The molecule has 122 valence electrons. The number of rotatable bonds is 5. The Morgan fingerprint density at radius 1 is 1.45 bits per heavy atom. The van der Waals surface area contributed by atoms with E-state index in [0.717, 1.165) is 31.5 Å². The molecule has 1 aromatic carbocycles. The van der Waals surface area contributed by atoms with Crippen LogP contribution in [0.4, 0.5) is 0 Å². The van der Waals surface area contributed by atoms with Gasteiger partial charge in [0.25, 0.3) is 0 Å². The number of carbonyl (C=O) groups excluding carboxylic acids is 1. The van der Waals surface area contributed by atoms with Gasteiger partial charge in [-0.1, -0.05) is 31.2 Å². The molecule has 0 bridgehead atoms. The molecule has 0 saturated carbocycles. The maximum Gasteiger partial charge on any atom is 0.237 e. The largest absolute Gasteiger partial charge is 0.396 e. The lowest BCUT2D eigenvalue weighted by molar-refractivity contribution is -0.127. The molecule has 2 atom stereocenters. The average Bonchev–Trinajstić information content (AvgIpc) is 2.53. The number of nitrogens with one attached hydrogen (secondary N) is 1. The van der Waals surface area contributed by atoms with Crippen molar-refractivity contribution in [2.75, 3.05) is 19.7 Å². The van der Waals surface area contributed by atoms with Crippen molar-refractivity contribution in [2.24, 2.45) is 5.41 Å². The summed E-state index contributed by atoms with van der Waals surface area (Å²) in [6, 6.07) is 7.95. The first-order valence-electron chi connectivity index (χ1n) is 8.12. The molecule has 4 heteroatoms. The van der Waals surface area contributed by atoms with Gasteiger partial charge >= 0.3 is 0 Å². The van der Waals surface area contributed by atoms with Crippen LogP contribution in [0.2, 0.25) is 0 Å². The van der Waals surface area contributed by atoms with Gasteiger partial charge in [-0.25, -0.2) is 0 Å². The summed E-state index contributed by atoms with van der Waals surface area (Å²) < 4.78 is 0. The van der Waals surface area contributed by atoms with Crippen LogP contribution < -0.4 is 5.32 Å². The molecule has 2 unspecified atom stereocenters. The van der Waals surface area contributed by atoms with Crippen LogP contribution in [-0.2, 0) is 11.3 Å². The summed E-state index contributed by atoms with van der Waals surface area (Å²) in [5.74, 6) is 0.0606. The minimum absolute atomic E-state index is 0.0606. The fraction of sp³-hybridized carbons (Fsp3) is 0.611. The van der Waals surface area contributed by atoms with Gasteiger partial charge in [0.15, 0.2) is 0 Å². The summed E-state index contributed by atoms with van der Waals surface area (Å²) >= 11 is 0. The van der Waals surface area contributed by atoms with Crippen molar-refractivity contribution in [1.29, 1.82) is 0 Å². The number of amides is 1. The molecule has 1 saturated heterocycles. The maximum atomic E-state index is 12.4. The SMILES string of the molecule is Cc1ccccc1CNC(=O)C(C)N1CCCC(C)(CO)C1. The van der Waals surface area contributed by atoms with Crippen molar-refractivity contribution in [1.82, 2.24) is 10.2 Å². The summed E-state index contributed by atoms with van der Waals surface area (Å²) in [7, 11) is 0. The van der Waals surface area contributed by atoms with Crippen LogP contribution >= 0.6 is 0 Å². The van der Waals surface area contributed by atoms with E-state index in [1.165, 1.54) is 5.56 Å². The van der Waals surface area contributed by atoms with Crippen LogP contribution in [0.1, 0.15) is 37.8 Å². The van der Waals surface area contributed by atoms with E-state index in [9.17, 15) is 9.90 Å². The van der Waals surface area contributed by atoms with Crippen molar-refractivity contribution in [3.63, 3.8) is 0 Å². The number of hydrogen-bond donors (Lipinski definition) is 2. The minimum Gasteiger partial charge on any atom is -0.396 e. The Hall–Kier alpha value is -1.39. The van der Waals surface area contributed by atoms with Crippen molar-refractivity contribution >= 4 is 5.91 Å². The molecule has 0 aromatic heterocycles. The molecule has 1 fully saturated rings. The van der Waals surface area contributed by atoms with Gasteiger partial charge in [-0.15, -0.1) is 0 Å². The van der Waals surface area contributed by atoms with E-state index in [-0.39, 0.29) is 24.0 Å². The van der Waals surface area contributed by atoms with Gasteiger partial charge in [0, 0.05) is 25.1 Å². The molecule has 2 N–H and O–H groups in total. The molecular weight excluding hydrogens is 276 g/mol. The van der Waals surface area contributed by atoms with Gasteiger partial charge in [0.1, 0.15) is 0 Å². The normalized spacial score (nSPS) is 24.0. The van der Waals surface area contributed by atoms with E-state index in [0.29, 0.717) is 6.54 Å². The lowest BCUT2D eigenvalue weighted by Crippen LogP contribution is -2.52. The van der Waals surface area contributed by atoms with Crippen molar-refractivity contribution < 1.29 is 9.90 Å². The third-order valence-corrected chi connectivity index (χ3v) is 4.83. The highest BCUT2D eigenvalue weighted by molar-refractivity contribution is 5.81. The molecule has 1 aliphatic rings. The summed E-state index contributed by atoms with van der Waals surface area (Å²) in [5.41, 5.74) is 2.27. The average molecular weight is 304 g/mol. The minimum atomic E-state index is -0.157. The zero-order chi connectivity index (χ0) is 16.2. The summed E-state index contributed by atoms with van der Waals surface area (Å²) in [4.78, 5) is 14.6. The van der Waals surface area contributed by atoms with E-state index in [1.807, 2.05) is 25.1 Å². The van der Waals surface area contributed by atoms with Crippen molar-refractivity contribution in [2.45, 2.75) is 46.2 Å². The van der Waals surface area contributed by atoms with Gasteiger partial charge in [-0.05, 0) is 44.4 Å². The number of aliphatic hydroxyl groups excluding tert-OH is 1. The van der Waals surface area contributed by atoms with Crippen LogP contribution in [0.25, 0.3) is 0 Å². The summed E-state index contributed by atoms with van der Waals surface area (Å²) in [5, 5.41) is 12.6. The predicted molar refractivity (Wildman–Crippen MR) is 88.5 cm³/mol. The fourth-order valence-electron chi connectivity index (χ4n) is 3.12. The zero-order valence-corrected chi connectivity index (χ0v) is 13.9. The molecule has 1 heterocycles. The van der Waals surface area contributed by atoms with Gasteiger partial charge < -0.3 is 10.4 Å². The second kappa shape index (κ2) is 7.25. The van der Waals surface area contributed by atoms with Gasteiger partial charge in [0.2, 0.25) is 5.91 Å². The van der Waals surface area contributed by atoms with Gasteiger partial charge in [-0.3, -0.25) is 9.69 Å². The summed E-state index contributed by atoms with van der Waals surface area (Å²) in [6.45, 7) is 8.56. The Morgan fingerprint density at radius 2 is 2.18 bits per heavy atom. The maximum absolute atomic E-state index is 12.4. The van der Waals surface area contributed by atoms with Gasteiger partial charge in [-0.2, -0.15) is 0 Å². The molecular formula is C18H28N2O2. The fourth-order valence-corrected chi connectivity index (χ4v) is 3.12. The summed E-state index contributed by atoms with van der Waals surface area (Å²) in [6.07, 6.45) is 2.06. The van der Waals surface area contributed by atoms with E-state index >= 15 is 0 Å². The van der Waals surface area contributed by atoms with Crippen molar-refractivity contribution in [3.8, 4) is 0 Å².